The van der Waals surface area contributed by atoms with Gasteiger partial charge in [0.2, 0.25) is 5.91 Å². The Bertz CT molecular complexity index is 1800. The molecule has 2 atom stereocenters. The molecule has 1 heterocycles. The number of nitrogens with zero attached hydrogens (tertiary/aromatic N) is 2. The molecular weight excluding hydrogens is 670 g/mol. The van der Waals surface area contributed by atoms with Crippen LogP contribution in [0.5, 0.6) is 5.75 Å². The Morgan fingerprint density at radius 1 is 0.774 bits per heavy atom. The van der Waals surface area contributed by atoms with Crippen LogP contribution in [0.3, 0.4) is 0 Å². The minimum atomic E-state index is -1.35. The standard InChI is InChI=1S/C42H51N5O6/c1-6-7-8-9-10-23-52-34-21-17-29(18-22-34)32-26-45-38(46-27-32)30-13-11-28(12-14-30)24-36(41(51)53-40(50)35(43)25-37(48)44-5)47-39(49)31-15-19-33(20-16-31)42(2,3)4/h11-22,26-27,35-36H,6-10,23-25,43H2,1-5H3,(H,44,48)(H,47,49)/t35-,36-/m0/s1. The Morgan fingerprint density at radius 3 is 2.00 bits per heavy atom. The molecule has 0 saturated carbocycles. The normalized spacial score (nSPS) is 12.3. The molecule has 0 spiro atoms. The van der Waals surface area contributed by atoms with Crippen LogP contribution in [-0.2, 0) is 31.0 Å². The van der Waals surface area contributed by atoms with Crippen LogP contribution in [0.25, 0.3) is 22.5 Å². The van der Waals surface area contributed by atoms with Crippen molar-refractivity contribution in [2.75, 3.05) is 13.7 Å². The average molecular weight is 722 g/mol. The fourth-order valence-electron chi connectivity index (χ4n) is 5.48. The maximum Gasteiger partial charge on any atom is 0.336 e. The van der Waals surface area contributed by atoms with E-state index in [0.717, 1.165) is 34.4 Å². The van der Waals surface area contributed by atoms with E-state index in [-0.39, 0.29) is 18.3 Å². The SMILES string of the molecule is CCCCCCCOc1ccc(-c2cnc(-c3ccc(C[C@H](NC(=O)c4ccc(C(C)(C)C)cc4)C(=O)OC(=O)[C@@H](N)CC(=O)NC)cc3)nc2)cc1. The summed E-state index contributed by atoms with van der Waals surface area (Å²) >= 11 is 0. The Hall–Kier alpha value is -5.42. The molecule has 0 aliphatic rings. The van der Waals surface area contributed by atoms with Crippen molar-refractivity contribution < 1.29 is 28.7 Å². The van der Waals surface area contributed by atoms with Gasteiger partial charge in [0.25, 0.3) is 5.91 Å². The van der Waals surface area contributed by atoms with Gasteiger partial charge in [0, 0.05) is 42.6 Å². The largest absolute Gasteiger partial charge is 0.494 e. The number of carbonyl (C=O) groups excluding carboxylic acids is 4. The second-order valence-corrected chi connectivity index (χ2v) is 14.1. The van der Waals surface area contributed by atoms with Crippen molar-refractivity contribution in [2.45, 2.75) is 90.1 Å². The number of carbonyl (C=O) groups is 4. The molecule has 11 nitrogen and oxygen atoms in total. The second kappa shape index (κ2) is 19.4. The van der Waals surface area contributed by atoms with Crippen LogP contribution >= 0.6 is 0 Å². The first-order valence-electron chi connectivity index (χ1n) is 18.2. The Labute approximate surface area is 312 Å². The highest BCUT2D eigenvalue weighted by molar-refractivity contribution is 5.99. The molecule has 280 valence electrons. The number of benzene rings is 3. The molecule has 0 bridgehead atoms. The lowest BCUT2D eigenvalue weighted by molar-refractivity contribution is -0.162. The van der Waals surface area contributed by atoms with E-state index in [0.29, 0.717) is 23.6 Å². The smallest absolute Gasteiger partial charge is 0.336 e. The molecule has 0 unspecified atom stereocenters. The molecule has 3 aromatic carbocycles. The molecule has 4 N–H and O–H groups in total. The number of aromatic nitrogens is 2. The van der Waals surface area contributed by atoms with E-state index in [9.17, 15) is 19.2 Å². The highest BCUT2D eigenvalue weighted by Gasteiger charge is 2.29. The van der Waals surface area contributed by atoms with E-state index in [1.165, 1.54) is 32.7 Å². The molecule has 53 heavy (non-hydrogen) atoms. The summed E-state index contributed by atoms with van der Waals surface area (Å²) in [4.78, 5) is 60.0. The number of amides is 2. The lowest BCUT2D eigenvalue weighted by atomic mass is 9.86. The van der Waals surface area contributed by atoms with E-state index in [1.54, 1.807) is 36.7 Å². The first-order chi connectivity index (χ1) is 25.4. The van der Waals surface area contributed by atoms with Crippen LogP contribution < -0.4 is 21.1 Å². The molecule has 0 aliphatic carbocycles. The lowest BCUT2D eigenvalue weighted by Crippen LogP contribution is -2.46. The van der Waals surface area contributed by atoms with E-state index in [1.807, 2.05) is 48.5 Å². The topological polar surface area (TPSA) is 163 Å². The van der Waals surface area contributed by atoms with Gasteiger partial charge in [-0.15, -0.1) is 0 Å². The van der Waals surface area contributed by atoms with Crippen molar-refractivity contribution in [2.24, 2.45) is 5.73 Å². The minimum Gasteiger partial charge on any atom is -0.494 e. The molecule has 0 radical (unpaired) electrons. The Balaban J connectivity index is 1.42. The van der Waals surface area contributed by atoms with Gasteiger partial charge in [-0.3, -0.25) is 9.59 Å². The van der Waals surface area contributed by atoms with Crippen molar-refractivity contribution in [1.29, 1.82) is 0 Å². The first-order valence-corrected chi connectivity index (χ1v) is 18.2. The monoisotopic (exact) mass is 721 g/mol. The van der Waals surface area contributed by atoms with Crippen LogP contribution in [0.4, 0.5) is 0 Å². The summed E-state index contributed by atoms with van der Waals surface area (Å²) in [6.07, 6.45) is 9.15. The zero-order chi connectivity index (χ0) is 38.4. The van der Waals surface area contributed by atoms with Crippen LogP contribution in [0, 0.1) is 0 Å². The van der Waals surface area contributed by atoms with Crippen molar-refractivity contribution in [3.63, 3.8) is 0 Å². The molecule has 4 rings (SSSR count). The first kappa shape index (κ1) is 40.4. The molecule has 0 saturated heterocycles. The van der Waals surface area contributed by atoms with Gasteiger partial charge >= 0.3 is 11.9 Å². The van der Waals surface area contributed by atoms with Gasteiger partial charge < -0.3 is 25.8 Å². The lowest BCUT2D eigenvalue weighted by Gasteiger charge is -2.20. The number of hydrogen-bond acceptors (Lipinski definition) is 9. The minimum absolute atomic E-state index is 0.0151. The summed E-state index contributed by atoms with van der Waals surface area (Å²) in [6, 6.07) is 19.6. The predicted molar refractivity (Wildman–Crippen MR) is 205 cm³/mol. The third kappa shape index (κ3) is 12.3. The molecule has 2 amide bonds. The zero-order valence-corrected chi connectivity index (χ0v) is 31.3. The number of ether oxygens (including phenoxy) is 2. The molecule has 0 aliphatic heterocycles. The van der Waals surface area contributed by atoms with Crippen LogP contribution in [0.1, 0.15) is 87.7 Å². The quantitative estimate of drug-likeness (QED) is 0.0643. The fraction of sp³-hybridized carbons (Fsp3) is 0.381. The highest BCUT2D eigenvalue weighted by atomic mass is 16.6. The second-order valence-electron chi connectivity index (χ2n) is 14.1. The van der Waals surface area contributed by atoms with Crippen molar-refractivity contribution in [3.8, 4) is 28.3 Å². The highest BCUT2D eigenvalue weighted by Crippen LogP contribution is 2.25. The van der Waals surface area contributed by atoms with Crippen molar-refractivity contribution >= 4 is 23.8 Å². The maximum atomic E-state index is 13.3. The summed E-state index contributed by atoms with van der Waals surface area (Å²) in [5.41, 5.74) is 10.3. The number of hydrogen-bond donors (Lipinski definition) is 3. The van der Waals surface area contributed by atoms with E-state index in [4.69, 9.17) is 15.2 Å². The molecular formula is C42H51N5O6. The fourth-order valence-corrected chi connectivity index (χ4v) is 5.48. The average Bonchev–Trinajstić information content (AvgIpc) is 3.16. The van der Waals surface area contributed by atoms with Gasteiger partial charge in [-0.2, -0.15) is 0 Å². The number of esters is 2. The summed E-state index contributed by atoms with van der Waals surface area (Å²) in [7, 11) is 1.41. The number of rotatable bonds is 17. The molecule has 11 heteroatoms. The van der Waals surface area contributed by atoms with Gasteiger partial charge in [0.05, 0.1) is 13.0 Å². The zero-order valence-electron chi connectivity index (χ0n) is 31.3. The maximum absolute atomic E-state index is 13.3. The van der Waals surface area contributed by atoms with E-state index >= 15 is 0 Å². The van der Waals surface area contributed by atoms with E-state index in [2.05, 4.69) is 48.3 Å². The van der Waals surface area contributed by atoms with Gasteiger partial charge in [-0.25, -0.2) is 19.6 Å². The number of nitrogens with one attached hydrogen (secondary N) is 2. The third-order valence-corrected chi connectivity index (χ3v) is 8.80. The summed E-state index contributed by atoms with van der Waals surface area (Å²) in [6.45, 7) is 9.12. The van der Waals surface area contributed by atoms with Gasteiger partial charge in [0.15, 0.2) is 5.82 Å². The van der Waals surface area contributed by atoms with Crippen molar-refractivity contribution in [3.05, 3.63) is 102 Å². The summed E-state index contributed by atoms with van der Waals surface area (Å²) in [5, 5.41) is 5.08. The van der Waals surface area contributed by atoms with Gasteiger partial charge in [-0.05, 0) is 52.8 Å². The third-order valence-electron chi connectivity index (χ3n) is 8.80. The van der Waals surface area contributed by atoms with Crippen LogP contribution in [0.15, 0.2) is 85.2 Å². The van der Waals surface area contributed by atoms with Gasteiger partial charge in [-0.1, -0.05) is 102 Å². The van der Waals surface area contributed by atoms with Crippen LogP contribution in [-0.4, -0.2) is 59.5 Å². The molecule has 0 fully saturated rings. The number of unbranched alkanes of at least 4 members (excludes halogenated alkanes) is 4. The van der Waals surface area contributed by atoms with Crippen LogP contribution in [0.2, 0.25) is 0 Å². The molecule has 4 aromatic rings. The predicted octanol–water partition coefficient (Wildman–Crippen LogP) is 6.33. The summed E-state index contributed by atoms with van der Waals surface area (Å²) in [5.74, 6) is -1.70. The Morgan fingerprint density at radius 2 is 1.40 bits per heavy atom. The number of nitrogens with two attached hydrogens (primary N) is 1. The summed E-state index contributed by atoms with van der Waals surface area (Å²) < 4.78 is 10.9. The van der Waals surface area contributed by atoms with E-state index < -0.39 is 35.8 Å². The molecule has 1 aromatic heterocycles. The van der Waals surface area contributed by atoms with Gasteiger partial charge in [0.1, 0.15) is 17.8 Å². The van der Waals surface area contributed by atoms with Crippen molar-refractivity contribution in [1.82, 2.24) is 20.6 Å². The Kier molecular flexibility index (Phi) is 14.8.